The first-order valence-corrected chi connectivity index (χ1v) is 8.27. The van der Waals surface area contributed by atoms with Crippen LogP contribution in [-0.2, 0) is 11.2 Å². The second-order valence-electron chi connectivity index (χ2n) is 6.14. The highest BCUT2D eigenvalue weighted by Crippen LogP contribution is 2.27. The molecule has 0 atom stereocenters. The van der Waals surface area contributed by atoms with Gasteiger partial charge in [-0.2, -0.15) is 0 Å². The zero-order valence-electron chi connectivity index (χ0n) is 13.6. The van der Waals surface area contributed by atoms with Gasteiger partial charge in [-0.3, -0.25) is 9.59 Å². The fraction of sp³-hybridized carbons (Fsp3) is 0.143. The summed E-state index contributed by atoms with van der Waals surface area (Å²) in [5, 5.41) is 4.97. The average Bonchev–Trinajstić information content (AvgIpc) is 2.65. The van der Waals surface area contributed by atoms with E-state index in [0.717, 1.165) is 28.4 Å². The predicted octanol–water partition coefficient (Wildman–Crippen LogP) is 3.99. The van der Waals surface area contributed by atoms with Crippen LogP contribution in [0.2, 0.25) is 0 Å². The van der Waals surface area contributed by atoms with Crippen molar-refractivity contribution in [1.29, 1.82) is 0 Å². The number of aryl methyl sites for hydroxylation is 1. The van der Waals surface area contributed by atoms with Gasteiger partial charge < -0.3 is 10.1 Å². The molecule has 0 aromatic heterocycles. The summed E-state index contributed by atoms with van der Waals surface area (Å²) in [6.45, 7) is -0.0366. The quantitative estimate of drug-likeness (QED) is 0.736. The summed E-state index contributed by atoms with van der Waals surface area (Å²) in [5.41, 5.74) is 2.49. The lowest BCUT2D eigenvalue weighted by molar-refractivity contribution is -0.116. The first kappa shape index (κ1) is 15.4. The van der Waals surface area contributed by atoms with Gasteiger partial charge in [0, 0.05) is 23.7 Å². The average molecular weight is 331 g/mol. The lowest BCUT2D eigenvalue weighted by Crippen LogP contribution is -2.19. The van der Waals surface area contributed by atoms with Crippen molar-refractivity contribution in [1.82, 2.24) is 0 Å². The predicted molar refractivity (Wildman–Crippen MR) is 97.2 cm³/mol. The van der Waals surface area contributed by atoms with Gasteiger partial charge in [0.1, 0.15) is 5.75 Å². The summed E-state index contributed by atoms with van der Waals surface area (Å²) in [4.78, 5) is 23.9. The highest BCUT2D eigenvalue weighted by Gasteiger charge is 2.15. The van der Waals surface area contributed by atoms with Crippen molar-refractivity contribution in [2.45, 2.75) is 12.8 Å². The Kier molecular flexibility index (Phi) is 3.94. The maximum absolute atomic E-state index is 12.4. The Bertz CT molecular complexity index is 978. The molecule has 3 aromatic carbocycles. The van der Waals surface area contributed by atoms with Gasteiger partial charge in [-0.1, -0.05) is 42.5 Å². The van der Waals surface area contributed by atoms with Crippen molar-refractivity contribution in [3.8, 4) is 5.75 Å². The molecule has 3 aromatic rings. The van der Waals surface area contributed by atoms with Crippen molar-refractivity contribution >= 4 is 28.2 Å². The van der Waals surface area contributed by atoms with E-state index in [9.17, 15) is 9.59 Å². The van der Waals surface area contributed by atoms with Gasteiger partial charge in [0.05, 0.1) is 0 Å². The van der Waals surface area contributed by atoms with Gasteiger partial charge in [0.15, 0.2) is 12.4 Å². The first-order chi connectivity index (χ1) is 12.2. The van der Waals surface area contributed by atoms with Gasteiger partial charge in [-0.25, -0.2) is 0 Å². The summed E-state index contributed by atoms with van der Waals surface area (Å²) in [6.07, 6.45) is 1.24. The topological polar surface area (TPSA) is 55.4 Å². The van der Waals surface area contributed by atoms with E-state index in [1.807, 2.05) is 54.6 Å². The molecule has 0 bridgehead atoms. The Hall–Kier alpha value is -3.14. The van der Waals surface area contributed by atoms with E-state index in [-0.39, 0.29) is 18.3 Å². The normalized spacial score (nSPS) is 13.2. The number of anilines is 1. The molecule has 0 saturated carbocycles. The fourth-order valence-electron chi connectivity index (χ4n) is 3.04. The van der Waals surface area contributed by atoms with Crippen LogP contribution in [0.4, 0.5) is 5.69 Å². The largest absolute Gasteiger partial charge is 0.485 e. The van der Waals surface area contributed by atoms with Crippen LogP contribution < -0.4 is 10.1 Å². The molecule has 1 N–H and O–H groups in total. The van der Waals surface area contributed by atoms with E-state index in [1.54, 1.807) is 6.07 Å². The van der Waals surface area contributed by atoms with E-state index in [0.29, 0.717) is 17.7 Å². The third kappa shape index (κ3) is 3.24. The van der Waals surface area contributed by atoms with Crippen LogP contribution in [0.1, 0.15) is 22.3 Å². The SMILES string of the molecule is O=C1CCc2ccc(OCC(=O)c3ccc4ccccc4c3)cc2N1. The lowest BCUT2D eigenvalue weighted by Gasteiger charge is -2.17. The number of fused-ring (bicyclic) bond motifs is 2. The number of nitrogens with one attached hydrogen (secondary N) is 1. The molecule has 1 aliphatic rings. The summed E-state index contributed by atoms with van der Waals surface area (Å²) in [5.74, 6) is 0.513. The number of amides is 1. The van der Waals surface area contributed by atoms with Gasteiger partial charge in [0.2, 0.25) is 5.91 Å². The molecule has 4 nitrogen and oxygen atoms in total. The van der Waals surface area contributed by atoms with Gasteiger partial charge >= 0.3 is 0 Å². The minimum atomic E-state index is -0.0764. The molecule has 1 aliphatic heterocycles. The monoisotopic (exact) mass is 331 g/mol. The molecule has 1 amide bonds. The van der Waals surface area contributed by atoms with Crippen molar-refractivity contribution in [3.05, 3.63) is 71.8 Å². The Morgan fingerprint density at radius 3 is 2.68 bits per heavy atom. The second-order valence-corrected chi connectivity index (χ2v) is 6.14. The third-order valence-corrected chi connectivity index (χ3v) is 4.42. The lowest BCUT2D eigenvalue weighted by atomic mass is 10.0. The molecule has 0 saturated heterocycles. The van der Waals surface area contributed by atoms with Gasteiger partial charge in [0.25, 0.3) is 0 Å². The Labute approximate surface area is 145 Å². The number of hydrogen-bond acceptors (Lipinski definition) is 3. The van der Waals surface area contributed by atoms with Crippen LogP contribution >= 0.6 is 0 Å². The maximum atomic E-state index is 12.4. The first-order valence-electron chi connectivity index (χ1n) is 8.27. The molecule has 0 aliphatic carbocycles. The van der Waals surface area contributed by atoms with Gasteiger partial charge in [-0.15, -0.1) is 0 Å². The van der Waals surface area contributed by atoms with E-state index in [2.05, 4.69) is 5.32 Å². The van der Waals surface area contributed by atoms with Crippen molar-refractivity contribution < 1.29 is 14.3 Å². The standard InChI is InChI=1S/C21H17NO3/c23-20(17-6-5-14-3-1-2-4-16(14)11-17)13-25-18-9-7-15-8-10-21(24)22-19(15)12-18/h1-7,9,11-12H,8,10,13H2,(H,22,24). The summed E-state index contributed by atoms with van der Waals surface area (Å²) < 4.78 is 5.63. The van der Waals surface area contributed by atoms with Crippen molar-refractivity contribution in [2.24, 2.45) is 0 Å². The number of ketones is 1. The van der Waals surface area contributed by atoms with E-state index in [1.165, 1.54) is 0 Å². The second kappa shape index (κ2) is 6.40. The summed E-state index contributed by atoms with van der Waals surface area (Å²) in [6, 6.07) is 19.1. The molecule has 4 heteroatoms. The van der Waals surface area contributed by atoms with E-state index in [4.69, 9.17) is 4.74 Å². The number of Topliss-reactive ketones (excluding diaryl/α,β-unsaturated/α-hetero) is 1. The number of carbonyl (C=O) groups excluding carboxylic acids is 2. The van der Waals surface area contributed by atoms with Crippen LogP contribution in [0.25, 0.3) is 10.8 Å². The molecule has 0 radical (unpaired) electrons. The molecular weight excluding hydrogens is 314 g/mol. The Balaban J connectivity index is 1.47. The number of carbonyl (C=O) groups is 2. The van der Waals surface area contributed by atoms with Gasteiger partial charge in [-0.05, 0) is 34.9 Å². The molecule has 0 spiro atoms. The number of benzene rings is 3. The van der Waals surface area contributed by atoms with E-state index < -0.39 is 0 Å². The molecule has 4 rings (SSSR count). The van der Waals surface area contributed by atoms with Crippen molar-refractivity contribution in [2.75, 3.05) is 11.9 Å². The minimum absolute atomic E-state index is 0.0110. The van der Waals surface area contributed by atoms with Crippen LogP contribution in [0, 0.1) is 0 Å². The summed E-state index contributed by atoms with van der Waals surface area (Å²) >= 11 is 0. The number of rotatable bonds is 4. The molecular formula is C21H17NO3. The highest BCUT2D eigenvalue weighted by molar-refractivity contribution is 6.01. The van der Waals surface area contributed by atoms with Crippen LogP contribution in [0.5, 0.6) is 5.75 Å². The zero-order chi connectivity index (χ0) is 17.2. The summed E-state index contributed by atoms with van der Waals surface area (Å²) in [7, 11) is 0. The maximum Gasteiger partial charge on any atom is 0.224 e. The highest BCUT2D eigenvalue weighted by atomic mass is 16.5. The van der Waals surface area contributed by atoms with Crippen LogP contribution in [0.3, 0.4) is 0 Å². The Morgan fingerprint density at radius 1 is 0.960 bits per heavy atom. The Morgan fingerprint density at radius 2 is 1.80 bits per heavy atom. The molecule has 124 valence electrons. The molecule has 25 heavy (non-hydrogen) atoms. The number of hydrogen-bond donors (Lipinski definition) is 1. The minimum Gasteiger partial charge on any atom is -0.485 e. The van der Waals surface area contributed by atoms with Crippen LogP contribution in [-0.4, -0.2) is 18.3 Å². The molecule has 0 unspecified atom stereocenters. The third-order valence-electron chi connectivity index (χ3n) is 4.42. The molecule has 1 heterocycles. The zero-order valence-corrected chi connectivity index (χ0v) is 13.6. The molecule has 0 fully saturated rings. The van der Waals surface area contributed by atoms with Crippen LogP contribution in [0.15, 0.2) is 60.7 Å². The van der Waals surface area contributed by atoms with E-state index >= 15 is 0 Å². The smallest absolute Gasteiger partial charge is 0.224 e. The fourth-order valence-corrected chi connectivity index (χ4v) is 3.04. The van der Waals surface area contributed by atoms with Crippen molar-refractivity contribution in [3.63, 3.8) is 0 Å². The number of ether oxygens (including phenoxy) is 1.